The van der Waals surface area contributed by atoms with Crippen LogP contribution in [0.1, 0.15) is 29.9 Å². The van der Waals surface area contributed by atoms with Gasteiger partial charge in [0.15, 0.2) is 11.5 Å². The smallest absolute Gasteiger partial charge is 0.161 e. The summed E-state index contributed by atoms with van der Waals surface area (Å²) < 4.78 is 18.8. The third-order valence-electron chi connectivity index (χ3n) is 5.04. The number of nitrogens with zero attached hydrogens (tertiary/aromatic N) is 3. The molecular formula is C20H29N3O3. The first-order valence-electron chi connectivity index (χ1n) is 9.12. The molecule has 0 aliphatic carbocycles. The molecule has 6 heteroatoms. The maximum absolute atomic E-state index is 5.87. The zero-order chi connectivity index (χ0) is 18.5. The van der Waals surface area contributed by atoms with Crippen molar-refractivity contribution in [2.24, 2.45) is 7.05 Å². The number of hydrogen-bond donors (Lipinski definition) is 0. The highest BCUT2D eigenvalue weighted by Gasteiger charge is 2.21. The van der Waals surface area contributed by atoms with Gasteiger partial charge < -0.3 is 18.8 Å². The quantitative estimate of drug-likeness (QED) is 0.725. The van der Waals surface area contributed by atoms with Crippen LogP contribution in [0.15, 0.2) is 24.4 Å². The summed E-state index contributed by atoms with van der Waals surface area (Å²) in [7, 11) is 5.40. The zero-order valence-corrected chi connectivity index (χ0v) is 16.2. The molecule has 0 radical (unpaired) electrons. The van der Waals surface area contributed by atoms with Crippen LogP contribution in [0.2, 0.25) is 0 Å². The van der Waals surface area contributed by atoms with Crippen LogP contribution in [0, 0.1) is 6.92 Å². The number of benzene rings is 1. The Morgan fingerprint density at radius 1 is 1.23 bits per heavy atom. The third kappa shape index (κ3) is 4.37. The molecule has 1 aliphatic heterocycles. The number of aromatic nitrogens is 2. The van der Waals surface area contributed by atoms with Gasteiger partial charge in [0.1, 0.15) is 5.82 Å². The number of ether oxygens (including phenoxy) is 3. The summed E-state index contributed by atoms with van der Waals surface area (Å²) in [5.41, 5.74) is 2.40. The first-order chi connectivity index (χ1) is 12.6. The van der Waals surface area contributed by atoms with Gasteiger partial charge in [0.25, 0.3) is 0 Å². The average molecular weight is 359 g/mol. The number of methoxy groups -OCH3 is 2. The molecule has 1 aromatic heterocycles. The minimum atomic E-state index is 0.310. The van der Waals surface area contributed by atoms with Gasteiger partial charge in [-0.25, -0.2) is 4.98 Å². The van der Waals surface area contributed by atoms with E-state index in [-0.39, 0.29) is 0 Å². The van der Waals surface area contributed by atoms with Crippen LogP contribution in [-0.2, 0) is 24.9 Å². The molecule has 1 aliphatic rings. The van der Waals surface area contributed by atoms with E-state index in [0.717, 1.165) is 56.4 Å². The van der Waals surface area contributed by atoms with Gasteiger partial charge in [-0.2, -0.15) is 0 Å². The van der Waals surface area contributed by atoms with Crippen molar-refractivity contribution in [2.45, 2.75) is 39.0 Å². The fourth-order valence-corrected chi connectivity index (χ4v) is 3.42. The highest BCUT2D eigenvalue weighted by atomic mass is 16.5. The molecule has 0 spiro atoms. The fourth-order valence-electron chi connectivity index (χ4n) is 3.42. The molecule has 0 bridgehead atoms. The summed E-state index contributed by atoms with van der Waals surface area (Å²) in [5, 5.41) is 0. The molecule has 0 amide bonds. The monoisotopic (exact) mass is 359 g/mol. The summed E-state index contributed by atoms with van der Waals surface area (Å²) in [5.74, 6) is 2.55. The Balaban J connectivity index is 1.77. The molecular weight excluding hydrogens is 330 g/mol. The largest absolute Gasteiger partial charge is 0.493 e. The Morgan fingerprint density at radius 2 is 2.04 bits per heavy atom. The van der Waals surface area contributed by atoms with E-state index in [9.17, 15) is 0 Å². The lowest BCUT2D eigenvalue weighted by molar-refractivity contribution is 0.0671. The summed E-state index contributed by atoms with van der Waals surface area (Å²) in [6.07, 6.45) is 4.56. The van der Waals surface area contributed by atoms with Crippen LogP contribution in [-0.4, -0.2) is 47.9 Å². The molecule has 26 heavy (non-hydrogen) atoms. The Morgan fingerprint density at radius 3 is 2.65 bits per heavy atom. The first-order valence-corrected chi connectivity index (χ1v) is 9.12. The lowest BCUT2D eigenvalue weighted by Gasteiger charge is -2.25. The second kappa shape index (κ2) is 8.56. The van der Waals surface area contributed by atoms with Gasteiger partial charge in [0.2, 0.25) is 0 Å². The molecule has 0 saturated carbocycles. The van der Waals surface area contributed by atoms with E-state index >= 15 is 0 Å². The van der Waals surface area contributed by atoms with Crippen molar-refractivity contribution in [3.05, 3.63) is 41.5 Å². The topological polar surface area (TPSA) is 48.8 Å². The van der Waals surface area contributed by atoms with E-state index in [1.807, 2.05) is 19.2 Å². The summed E-state index contributed by atoms with van der Waals surface area (Å²) in [4.78, 5) is 6.85. The van der Waals surface area contributed by atoms with Crippen molar-refractivity contribution in [3.8, 4) is 11.5 Å². The summed E-state index contributed by atoms with van der Waals surface area (Å²) >= 11 is 0. The SMILES string of the molecule is COc1ccc(CN(Cc2cnc(C)n2C)CC2CCCO2)cc1OC. The van der Waals surface area contributed by atoms with E-state index in [0.29, 0.717) is 6.10 Å². The standard InChI is InChI=1S/C20H29N3O3/c1-15-21-11-17(22(15)2)13-23(14-18-6-5-9-26-18)12-16-7-8-19(24-3)20(10-16)25-4/h7-8,10-11,18H,5-6,9,12-14H2,1-4H3. The van der Waals surface area contributed by atoms with Gasteiger partial charge in [-0.15, -0.1) is 0 Å². The van der Waals surface area contributed by atoms with Crippen molar-refractivity contribution in [2.75, 3.05) is 27.4 Å². The van der Waals surface area contributed by atoms with Gasteiger partial charge in [-0.3, -0.25) is 4.90 Å². The molecule has 2 heterocycles. The average Bonchev–Trinajstić information content (AvgIpc) is 3.27. The van der Waals surface area contributed by atoms with Crippen molar-refractivity contribution >= 4 is 0 Å². The van der Waals surface area contributed by atoms with Crippen LogP contribution in [0.5, 0.6) is 11.5 Å². The molecule has 1 unspecified atom stereocenters. The Kier molecular flexibility index (Phi) is 6.16. The van der Waals surface area contributed by atoms with Crippen LogP contribution in [0.25, 0.3) is 0 Å². The second-order valence-electron chi connectivity index (χ2n) is 6.85. The van der Waals surface area contributed by atoms with E-state index in [1.165, 1.54) is 11.3 Å². The molecule has 142 valence electrons. The molecule has 0 N–H and O–H groups in total. The predicted octanol–water partition coefficient (Wildman–Crippen LogP) is 2.93. The zero-order valence-electron chi connectivity index (χ0n) is 16.2. The van der Waals surface area contributed by atoms with E-state index in [4.69, 9.17) is 14.2 Å². The van der Waals surface area contributed by atoms with E-state index < -0.39 is 0 Å². The normalized spacial score (nSPS) is 17.0. The van der Waals surface area contributed by atoms with Gasteiger partial charge in [-0.05, 0) is 37.5 Å². The highest BCUT2D eigenvalue weighted by molar-refractivity contribution is 5.42. The fraction of sp³-hybridized carbons (Fsp3) is 0.550. The maximum Gasteiger partial charge on any atom is 0.161 e. The Labute approximate surface area is 155 Å². The Bertz CT molecular complexity index is 723. The number of rotatable bonds is 8. The van der Waals surface area contributed by atoms with Crippen LogP contribution in [0.3, 0.4) is 0 Å². The number of aryl methyl sites for hydroxylation is 1. The van der Waals surface area contributed by atoms with Gasteiger partial charge in [0, 0.05) is 39.5 Å². The predicted molar refractivity (Wildman–Crippen MR) is 101 cm³/mol. The molecule has 6 nitrogen and oxygen atoms in total. The number of hydrogen-bond acceptors (Lipinski definition) is 5. The van der Waals surface area contributed by atoms with Crippen molar-refractivity contribution < 1.29 is 14.2 Å². The molecule has 3 rings (SSSR count). The summed E-state index contributed by atoms with van der Waals surface area (Å²) in [6, 6.07) is 6.11. The molecule has 1 saturated heterocycles. The molecule has 1 aromatic carbocycles. The van der Waals surface area contributed by atoms with Crippen LogP contribution in [0.4, 0.5) is 0 Å². The molecule has 2 aromatic rings. The Hall–Kier alpha value is -2.05. The van der Waals surface area contributed by atoms with Crippen LogP contribution >= 0.6 is 0 Å². The second-order valence-corrected chi connectivity index (χ2v) is 6.85. The maximum atomic E-state index is 5.87. The lowest BCUT2D eigenvalue weighted by atomic mass is 10.1. The van der Waals surface area contributed by atoms with Gasteiger partial charge in [0.05, 0.1) is 26.0 Å². The van der Waals surface area contributed by atoms with Gasteiger partial charge in [-0.1, -0.05) is 6.07 Å². The summed E-state index contributed by atoms with van der Waals surface area (Å²) in [6.45, 7) is 5.48. The van der Waals surface area contributed by atoms with Gasteiger partial charge >= 0.3 is 0 Å². The lowest BCUT2D eigenvalue weighted by Crippen LogP contribution is -2.32. The number of imidazole rings is 1. The van der Waals surface area contributed by atoms with E-state index in [2.05, 4.69) is 33.6 Å². The van der Waals surface area contributed by atoms with Crippen molar-refractivity contribution in [1.82, 2.24) is 14.5 Å². The highest BCUT2D eigenvalue weighted by Crippen LogP contribution is 2.28. The minimum Gasteiger partial charge on any atom is -0.493 e. The van der Waals surface area contributed by atoms with E-state index in [1.54, 1.807) is 14.2 Å². The van der Waals surface area contributed by atoms with Crippen molar-refractivity contribution in [1.29, 1.82) is 0 Å². The first kappa shape index (κ1) is 18.7. The molecule has 1 atom stereocenters. The molecule has 1 fully saturated rings. The van der Waals surface area contributed by atoms with Crippen LogP contribution < -0.4 is 9.47 Å². The van der Waals surface area contributed by atoms with Crippen molar-refractivity contribution in [3.63, 3.8) is 0 Å². The minimum absolute atomic E-state index is 0.310. The third-order valence-corrected chi connectivity index (χ3v) is 5.04.